The Labute approximate surface area is 119 Å². The molecular weight excluding hydrogens is 281 g/mol. The van der Waals surface area contributed by atoms with E-state index in [0.717, 1.165) is 5.56 Å². The molecular formula is C14H20FNO3S. The van der Waals surface area contributed by atoms with Crippen LogP contribution in [0.3, 0.4) is 0 Å². The SMILES string of the molecule is CCNS(=O)(=O)[C@@H]1CCOC[C@@H]1Cc1ccc(F)cc1. The van der Waals surface area contributed by atoms with Gasteiger partial charge in [0, 0.05) is 19.1 Å². The summed E-state index contributed by atoms with van der Waals surface area (Å²) in [5, 5.41) is -0.443. The Kier molecular flexibility index (Phi) is 5.12. The Balaban J connectivity index is 2.13. The normalized spacial score (nSPS) is 23.7. The van der Waals surface area contributed by atoms with Crippen LogP contribution in [0.5, 0.6) is 0 Å². The van der Waals surface area contributed by atoms with Gasteiger partial charge in [0.2, 0.25) is 10.0 Å². The van der Waals surface area contributed by atoms with E-state index in [4.69, 9.17) is 4.74 Å². The number of nitrogens with one attached hydrogen (secondary N) is 1. The van der Waals surface area contributed by atoms with E-state index in [1.807, 2.05) is 0 Å². The first-order valence-electron chi connectivity index (χ1n) is 6.83. The summed E-state index contributed by atoms with van der Waals surface area (Å²) in [5.41, 5.74) is 0.929. The lowest BCUT2D eigenvalue weighted by Gasteiger charge is -2.31. The topological polar surface area (TPSA) is 55.4 Å². The third-order valence-corrected chi connectivity index (χ3v) is 5.67. The van der Waals surface area contributed by atoms with Crippen LogP contribution in [0.1, 0.15) is 18.9 Å². The van der Waals surface area contributed by atoms with Gasteiger partial charge in [0.25, 0.3) is 0 Å². The minimum atomic E-state index is -3.31. The van der Waals surface area contributed by atoms with Crippen molar-refractivity contribution in [3.05, 3.63) is 35.6 Å². The molecule has 1 aromatic carbocycles. The third-order valence-electron chi connectivity index (χ3n) is 3.56. The van der Waals surface area contributed by atoms with Crippen molar-refractivity contribution >= 4 is 10.0 Å². The lowest BCUT2D eigenvalue weighted by atomic mass is 9.93. The van der Waals surface area contributed by atoms with E-state index in [0.29, 0.717) is 32.6 Å². The van der Waals surface area contributed by atoms with E-state index >= 15 is 0 Å². The van der Waals surface area contributed by atoms with E-state index in [9.17, 15) is 12.8 Å². The number of ether oxygens (including phenoxy) is 1. The monoisotopic (exact) mass is 301 g/mol. The standard InChI is InChI=1S/C14H20FNO3S/c1-2-16-20(17,18)14-7-8-19-10-12(14)9-11-3-5-13(15)6-4-11/h3-6,12,14,16H,2,7-10H2,1H3/t12-,14+/m0/s1. The van der Waals surface area contributed by atoms with Crippen LogP contribution < -0.4 is 4.72 Å². The summed E-state index contributed by atoms with van der Waals surface area (Å²) in [7, 11) is -3.31. The summed E-state index contributed by atoms with van der Waals surface area (Å²) < 4.78 is 45.3. The molecule has 20 heavy (non-hydrogen) atoms. The van der Waals surface area contributed by atoms with Gasteiger partial charge in [-0.05, 0) is 30.5 Å². The van der Waals surface area contributed by atoms with Gasteiger partial charge in [0.1, 0.15) is 5.82 Å². The highest BCUT2D eigenvalue weighted by Crippen LogP contribution is 2.25. The van der Waals surface area contributed by atoms with Gasteiger partial charge in [-0.2, -0.15) is 0 Å². The van der Waals surface area contributed by atoms with Gasteiger partial charge in [-0.3, -0.25) is 0 Å². The molecule has 112 valence electrons. The molecule has 0 saturated carbocycles. The summed E-state index contributed by atoms with van der Waals surface area (Å²) in [6.07, 6.45) is 1.08. The van der Waals surface area contributed by atoms with Crippen molar-refractivity contribution < 1.29 is 17.5 Å². The van der Waals surface area contributed by atoms with Gasteiger partial charge in [-0.15, -0.1) is 0 Å². The van der Waals surface area contributed by atoms with Crippen molar-refractivity contribution in [3.8, 4) is 0 Å². The molecule has 1 aromatic rings. The van der Waals surface area contributed by atoms with Gasteiger partial charge in [-0.25, -0.2) is 17.5 Å². The second-order valence-corrected chi connectivity index (χ2v) is 7.02. The number of sulfonamides is 1. The van der Waals surface area contributed by atoms with E-state index in [-0.39, 0.29) is 11.7 Å². The minimum Gasteiger partial charge on any atom is -0.381 e. The van der Waals surface area contributed by atoms with Crippen molar-refractivity contribution in [2.45, 2.75) is 25.0 Å². The van der Waals surface area contributed by atoms with Crippen LogP contribution in [0, 0.1) is 11.7 Å². The lowest BCUT2D eigenvalue weighted by Crippen LogP contribution is -2.44. The molecule has 4 nitrogen and oxygen atoms in total. The summed E-state index contributed by atoms with van der Waals surface area (Å²) >= 11 is 0. The van der Waals surface area contributed by atoms with Crippen molar-refractivity contribution in [2.24, 2.45) is 5.92 Å². The lowest BCUT2D eigenvalue weighted by molar-refractivity contribution is 0.0570. The molecule has 0 spiro atoms. The maximum Gasteiger partial charge on any atom is 0.214 e. The van der Waals surface area contributed by atoms with Crippen LogP contribution in [0.2, 0.25) is 0 Å². The fourth-order valence-electron chi connectivity index (χ4n) is 2.61. The van der Waals surface area contributed by atoms with Gasteiger partial charge in [0.05, 0.1) is 11.9 Å². The fourth-order valence-corrected chi connectivity index (χ4v) is 4.31. The van der Waals surface area contributed by atoms with Gasteiger partial charge in [-0.1, -0.05) is 19.1 Å². The highest BCUT2D eigenvalue weighted by molar-refractivity contribution is 7.90. The van der Waals surface area contributed by atoms with Gasteiger partial charge < -0.3 is 4.74 Å². The average Bonchev–Trinajstić information content (AvgIpc) is 2.42. The number of rotatable bonds is 5. The Morgan fingerprint density at radius 3 is 2.70 bits per heavy atom. The van der Waals surface area contributed by atoms with Crippen LogP contribution in [-0.2, 0) is 21.2 Å². The molecule has 2 atom stereocenters. The summed E-state index contributed by atoms with van der Waals surface area (Å²) in [6, 6.07) is 6.18. The number of benzene rings is 1. The van der Waals surface area contributed by atoms with Crippen LogP contribution >= 0.6 is 0 Å². The Morgan fingerprint density at radius 1 is 1.35 bits per heavy atom. The Bertz CT molecular complexity index is 530. The zero-order chi connectivity index (χ0) is 14.6. The second kappa shape index (κ2) is 6.65. The molecule has 2 rings (SSSR count). The first kappa shape index (κ1) is 15.4. The van der Waals surface area contributed by atoms with Crippen molar-refractivity contribution in [1.82, 2.24) is 4.72 Å². The summed E-state index contributed by atoms with van der Waals surface area (Å²) in [5.74, 6) is -0.385. The Morgan fingerprint density at radius 2 is 2.05 bits per heavy atom. The molecule has 1 aliphatic heterocycles. The molecule has 6 heteroatoms. The van der Waals surface area contributed by atoms with E-state index in [2.05, 4.69) is 4.72 Å². The third kappa shape index (κ3) is 3.77. The minimum absolute atomic E-state index is 0.0988. The molecule has 0 radical (unpaired) electrons. The van der Waals surface area contributed by atoms with Crippen LogP contribution in [0.15, 0.2) is 24.3 Å². The fraction of sp³-hybridized carbons (Fsp3) is 0.571. The molecule has 1 aliphatic rings. The number of hydrogen-bond acceptors (Lipinski definition) is 3. The van der Waals surface area contributed by atoms with Crippen LogP contribution in [-0.4, -0.2) is 33.4 Å². The quantitative estimate of drug-likeness (QED) is 0.901. The number of halogens is 1. The molecule has 0 aromatic heterocycles. The van der Waals surface area contributed by atoms with E-state index in [1.54, 1.807) is 19.1 Å². The molecule has 1 fully saturated rings. The molecule has 1 heterocycles. The highest BCUT2D eigenvalue weighted by atomic mass is 32.2. The largest absolute Gasteiger partial charge is 0.381 e. The summed E-state index contributed by atoms with van der Waals surface area (Å²) in [4.78, 5) is 0. The van der Waals surface area contributed by atoms with Crippen molar-refractivity contribution in [2.75, 3.05) is 19.8 Å². The molecule has 0 amide bonds. The maximum atomic E-state index is 12.9. The van der Waals surface area contributed by atoms with Crippen LogP contribution in [0.25, 0.3) is 0 Å². The van der Waals surface area contributed by atoms with E-state index < -0.39 is 15.3 Å². The van der Waals surface area contributed by atoms with Gasteiger partial charge >= 0.3 is 0 Å². The van der Waals surface area contributed by atoms with Gasteiger partial charge in [0.15, 0.2) is 0 Å². The second-order valence-electron chi connectivity index (χ2n) is 5.04. The molecule has 0 bridgehead atoms. The maximum absolute atomic E-state index is 12.9. The first-order valence-corrected chi connectivity index (χ1v) is 8.38. The number of hydrogen-bond donors (Lipinski definition) is 1. The molecule has 1 saturated heterocycles. The van der Waals surface area contributed by atoms with Crippen LogP contribution in [0.4, 0.5) is 4.39 Å². The molecule has 1 N–H and O–H groups in total. The van der Waals surface area contributed by atoms with Crippen molar-refractivity contribution in [1.29, 1.82) is 0 Å². The zero-order valence-corrected chi connectivity index (χ0v) is 12.3. The first-order chi connectivity index (χ1) is 9.53. The average molecular weight is 301 g/mol. The summed E-state index contributed by atoms with van der Waals surface area (Å²) in [6.45, 7) is 3.05. The molecule has 0 unspecified atom stereocenters. The molecule has 0 aliphatic carbocycles. The predicted molar refractivity (Wildman–Crippen MR) is 75.4 cm³/mol. The zero-order valence-electron chi connectivity index (χ0n) is 11.5. The smallest absolute Gasteiger partial charge is 0.214 e. The Hall–Kier alpha value is -0.980. The highest BCUT2D eigenvalue weighted by Gasteiger charge is 2.35. The predicted octanol–water partition coefficient (Wildman–Crippen LogP) is 1.71. The van der Waals surface area contributed by atoms with Crippen molar-refractivity contribution in [3.63, 3.8) is 0 Å². The van der Waals surface area contributed by atoms with E-state index in [1.165, 1.54) is 12.1 Å².